The van der Waals surface area contributed by atoms with Gasteiger partial charge in [0.05, 0.1) is 8.04 Å². The van der Waals surface area contributed by atoms with Gasteiger partial charge in [-0.05, 0) is 86.9 Å². The molecule has 0 saturated carbocycles. The van der Waals surface area contributed by atoms with Gasteiger partial charge >= 0.3 is 0 Å². The van der Waals surface area contributed by atoms with Crippen LogP contribution in [0.1, 0.15) is 16.7 Å². The lowest BCUT2D eigenvalue weighted by molar-refractivity contribution is -0.112. The molecule has 0 unspecified atom stereocenters. The summed E-state index contributed by atoms with van der Waals surface area (Å²) in [6, 6.07) is 19.3. The number of ether oxygens (including phenoxy) is 1. The van der Waals surface area contributed by atoms with E-state index in [1.807, 2.05) is 31.2 Å². The van der Waals surface area contributed by atoms with Gasteiger partial charge in [0, 0.05) is 11.3 Å². The van der Waals surface area contributed by atoms with E-state index in [1.165, 1.54) is 12.1 Å². The van der Waals surface area contributed by atoms with E-state index in [1.54, 1.807) is 36.4 Å². The van der Waals surface area contributed by atoms with E-state index < -0.39 is 5.91 Å². The molecule has 3 rings (SSSR count). The second-order valence-corrected chi connectivity index (χ2v) is 8.65. The summed E-state index contributed by atoms with van der Waals surface area (Å²) in [5, 5.41) is 12.2. The van der Waals surface area contributed by atoms with Crippen LogP contribution in [0.4, 0.5) is 10.1 Å². The minimum absolute atomic E-state index is 0.0222. The van der Waals surface area contributed by atoms with Crippen LogP contribution in [0, 0.1) is 27.6 Å². The molecule has 0 aromatic heterocycles. The van der Waals surface area contributed by atoms with Crippen molar-refractivity contribution in [3.63, 3.8) is 0 Å². The van der Waals surface area contributed by atoms with Crippen LogP contribution in [0.25, 0.3) is 6.08 Å². The van der Waals surface area contributed by atoms with Crippen LogP contribution in [-0.2, 0) is 11.4 Å². The number of benzene rings is 3. The molecule has 4 nitrogen and oxygen atoms in total. The third-order valence-electron chi connectivity index (χ3n) is 4.42. The second kappa shape index (κ2) is 10.6. The summed E-state index contributed by atoms with van der Waals surface area (Å²) in [6.07, 6.45) is 1.52. The summed E-state index contributed by atoms with van der Waals surface area (Å²) in [7, 11) is 0. The van der Waals surface area contributed by atoms with Crippen molar-refractivity contribution in [1.29, 1.82) is 5.26 Å². The monoisotopic (exact) mass is 590 g/mol. The first-order valence-corrected chi connectivity index (χ1v) is 11.1. The topological polar surface area (TPSA) is 62.1 Å². The fourth-order valence-corrected chi connectivity index (χ4v) is 4.55. The van der Waals surface area contributed by atoms with Gasteiger partial charge in [0.1, 0.15) is 29.8 Å². The molecule has 0 aliphatic heterocycles. The van der Waals surface area contributed by atoms with Gasteiger partial charge in [-0.2, -0.15) is 5.26 Å². The highest BCUT2D eigenvalue weighted by atomic mass is 127. The Morgan fingerprint density at radius 2 is 1.94 bits per heavy atom. The van der Waals surface area contributed by atoms with Crippen molar-refractivity contribution in [3.8, 4) is 11.8 Å². The van der Waals surface area contributed by atoms with E-state index >= 15 is 0 Å². The van der Waals surface area contributed by atoms with Gasteiger partial charge in [0.25, 0.3) is 5.91 Å². The minimum Gasteiger partial charge on any atom is -0.486 e. The zero-order valence-corrected chi connectivity index (χ0v) is 20.2. The van der Waals surface area contributed by atoms with Crippen LogP contribution in [-0.4, -0.2) is 5.91 Å². The number of nitrogens with zero attached hydrogens (tertiary/aromatic N) is 1. The summed E-state index contributed by atoms with van der Waals surface area (Å²) < 4.78 is 21.0. The quantitative estimate of drug-likeness (QED) is 0.199. The van der Waals surface area contributed by atoms with Gasteiger partial charge in [0.2, 0.25) is 0 Å². The van der Waals surface area contributed by atoms with Crippen LogP contribution in [0.5, 0.6) is 5.75 Å². The maximum atomic E-state index is 13.8. The molecule has 1 amide bonds. The van der Waals surface area contributed by atoms with E-state index in [0.29, 0.717) is 27.0 Å². The smallest absolute Gasteiger partial charge is 0.266 e. The number of hydrogen-bond donors (Lipinski definition) is 1. The Balaban J connectivity index is 1.80. The summed E-state index contributed by atoms with van der Waals surface area (Å²) in [5.74, 6) is -0.252. The van der Waals surface area contributed by atoms with Crippen molar-refractivity contribution in [2.75, 3.05) is 5.32 Å². The van der Waals surface area contributed by atoms with E-state index in [0.717, 1.165) is 9.13 Å². The van der Waals surface area contributed by atoms with Crippen LogP contribution in [0.3, 0.4) is 0 Å². The molecule has 0 saturated heterocycles. The maximum Gasteiger partial charge on any atom is 0.266 e. The van der Waals surface area contributed by atoms with Gasteiger partial charge in [-0.3, -0.25) is 4.79 Å². The zero-order valence-electron chi connectivity index (χ0n) is 16.5. The van der Waals surface area contributed by atoms with E-state index in [9.17, 15) is 14.4 Å². The SMILES string of the molecule is Cc1ccccc1NC(=O)/C(C#N)=C\c1cc(Br)c(OCc2ccccc2F)c(I)c1. The standard InChI is InChI=1S/C24H17BrFIN2O2/c1-15-6-2-5-9-22(15)29-24(30)18(13-28)10-16-11-19(25)23(21(27)12-16)31-14-17-7-3-4-8-20(17)26/h2-12H,14H2,1H3,(H,29,30)/b18-10-. The van der Waals surface area contributed by atoms with Crippen molar-refractivity contribution in [3.05, 3.63) is 96.8 Å². The van der Waals surface area contributed by atoms with Gasteiger partial charge in [-0.15, -0.1) is 0 Å². The lowest BCUT2D eigenvalue weighted by Crippen LogP contribution is -2.14. The number of anilines is 1. The Bertz CT molecular complexity index is 1180. The molecule has 7 heteroatoms. The molecule has 0 aliphatic carbocycles. The largest absolute Gasteiger partial charge is 0.486 e. The van der Waals surface area contributed by atoms with Crippen molar-refractivity contribution in [2.45, 2.75) is 13.5 Å². The second-order valence-electron chi connectivity index (χ2n) is 6.63. The van der Waals surface area contributed by atoms with Crippen LogP contribution in [0.2, 0.25) is 0 Å². The molecule has 3 aromatic carbocycles. The molecule has 0 atom stereocenters. The number of nitrogens with one attached hydrogen (secondary N) is 1. The van der Waals surface area contributed by atoms with Gasteiger partial charge < -0.3 is 10.1 Å². The summed E-state index contributed by atoms with van der Waals surface area (Å²) in [4.78, 5) is 12.6. The molecular formula is C24H17BrFIN2O2. The van der Waals surface area contributed by atoms with Gasteiger partial charge in [0.15, 0.2) is 0 Å². The van der Waals surface area contributed by atoms with Crippen molar-refractivity contribution < 1.29 is 13.9 Å². The molecule has 3 aromatic rings. The Morgan fingerprint density at radius 1 is 1.23 bits per heavy atom. The number of carbonyl (C=O) groups excluding carboxylic acids is 1. The van der Waals surface area contributed by atoms with Crippen molar-refractivity contribution in [1.82, 2.24) is 0 Å². The highest BCUT2D eigenvalue weighted by Gasteiger charge is 2.14. The third-order valence-corrected chi connectivity index (χ3v) is 5.81. The minimum atomic E-state index is -0.484. The number of nitriles is 1. The fourth-order valence-electron chi connectivity index (χ4n) is 2.78. The summed E-state index contributed by atoms with van der Waals surface area (Å²) >= 11 is 5.57. The molecule has 0 bridgehead atoms. The highest BCUT2D eigenvalue weighted by molar-refractivity contribution is 14.1. The normalized spacial score (nSPS) is 11.0. The first kappa shape index (κ1) is 23.0. The molecular weight excluding hydrogens is 574 g/mol. The zero-order chi connectivity index (χ0) is 22.4. The first-order chi connectivity index (χ1) is 14.9. The number of rotatable bonds is 6. The number of halogens is 3. The van der Waals surface area contributed by atoms with E-state index in [-0.39, 0.29) is 18.0 Å². The predicted octanol–water partition coefficient (Wildman–Crippen LogP) is 6.63. The Hall–Kier alpha value is -2.70. The summed E-state index contributed by atoms with van der Waals surface area (Å²) in [6.45, 7) is 1.96. The Morgan fingerprint density at radius 3 is 2.61 bits per heavy atom. The molecule has 0 radical (unpaired) electrons. The lowest BCUT2D eigenvalue weighted by atomic mass is 10.1. The van der Waals surface area contributed by atoms with Crippen LogP contribution < -0.4 is 10.1 Å². The average Bonchev–Trinajstić information content (AvgIpc) is 2.74. The highest BCUT2D eigenvalue weighted by Crippen LogP contribution is 2.33. The van der Waals surface area contributed by atoms with Gasteiger partial charge in [-0.1, -0.05) is 36.4 Å². The first-order valence-electron chi connectivity index (χ1n) is 9.23. The predicted molar refractivity (Wildman–Crippen MR) is 131 cm³/mol. The summed E-state index contributed by atoms with van der Waals surface area (Å²) in [5.41, 5.74) is 2.65. The van der Waals surface area contributed by atoms with Crippen LogP contribution in [0.15, 0.2) is 70.7 Å². The molecule has 0 fully saturated rings. The van der Waals surface area contributed by atoms with E-state index in [2.05, 4.69) is 43.8 Å². The molecule has 31 heavy (non-hydrogen) atoms. The number of aryl methyl sites for hydroxylation is 1. The van der Waals surface area contributed by atoms with E-state index in [4.69, 9.17) is 4.74 Å². The number of carbonyl (C=O) groups is 1. The molecule has 156 valence electrons. The van der Waals surface area contributed by atoms with Gasteiger partial charge in [-0.25, -0.2) is 4.39 Å². The fraction of sp³-hybridized carbons (Fsp3) is 0.0833. The van der Waals surface area contributed by atoms with Crippen molar-refractivity contribution in [2.24, 2.45) is 0 Å². The lowest BCUT2D eigenvalue weighted by Gasteiger charge is -2.12. The maximum absolute atomic E-state index is 13.8. The number of amides is 1. The number of hydrogen-bond acceptors (Lipinski definition) is 3. The molecule has 0 heterocycles. The molecule has 0 aliphatic rings. The number of para-hydroxylation sites is 1. The van der Waals surface area contributed by atoms with Crippen LogP contribution >= 0.6 is 38.5 Å². The molecule has 0 spiro atoms. The van der Waals surface area contributed by atoms with Crippen molar-refractivity contribution >= 4 is 56.2 Å². The average molecular weight is 591 g/mol. The Kier molecular flexibility index (Phi) is 7.82. The third kappa shape index (κ3) is 5.93. The Labute approximate surface area is 202 Å². The molecule has 1 N–H and O–H groups in total.